The van der Waals surface area contributed by atoms with Crippen molar-refractivity contribution in [2.75, 3.05) is 33.3 Å². The van der Waals surface area contributed by atoms with Crippen LogP contribution >= 0.6 is 0 Å². The fourth-order valence-corrected chi connectivity index (χ4v) is 3.36. The van der Waals surface area contributed by atoms with E-state index in [4.69, 9.17) is 4.74 Å². The average Bonchev–Trinajstić information content (AvgIpc) is 3.06. The van der Waals surface area contributed by atoms with E-state index in [0.717, 1.165) is 0 Å². The monoisotopic (exact) mass is 348 g/mol. The lowest BCUT2D eigenvalue weighted by molar-refractivity contribution is -0.385. The van der Waals surface area contributed by atoms with E-state index < -0.39 is 4.92 Å². The first kappa shape index (κ1) is 17.0. The van der Waals surface area contributed by atoms with E-state index in [-0.39, 0.29) is 35.0 Å². The highest BCUT2D eigenvalue weighted by atomic mass is 16.6. The number of carbonyl (C=O) groups is 2. The van der Waals surface area contributed by atoms with Crippen molar-refractivity contribution >= 4 is 17.6 Å². The minimum absolute atomic E-state index is 0.0458. The maximum Gasteiger partial charge on any atom is 0.317 e. The van der Waals surface area contributed by atoms with E-state index in [2.05, 4.69) is 5.32 Å². The highest BCUT2D eigenvalue weighted by Gasteiger charge is 2.32. The molecule has 0 aromatic heterocycles. The number of rotatable bonds is 4. The number of piperidine rings is 1. The fourth-order valence-electron chi connectivity index (χ4n) is 3.36. The van der Waals surface area contributed by atoms with Gasteiger partial charge in [-0.2, -0.15) is 0 Å². The Morgan fingerprint density at radius 1 is 1.32 bits per heavy atom. The third kappa shape index (κ3) is 3.35. The lowest BCUT2D eigenvalue weighted by atomic mass is 10.0. The average molecular weight is 348 g/mol. The van der Waals surface area contributed by atoms with Gasteiger partial charge in [0.05, 0.1) is 12.0 Å². The normalized spacial score (nSPS) is 18.2. The number of nitrogens with one attached hydrogen (secondary N) is 1. The molecule has 1 aromatic rings. The van der Waals surface area contributed by atoms with Crippen LogP contribution in [0.2, 0.25) is 0 Å². The van der Waals surface area contributed by atoms with Crippen LogP contribution in [0.25, 0.3) is 0 Å². The molecule has 9 heteroatoms. The van der Waals surface area contributed by atoms with Crippen LogP contribution in [0.15, 0.2) is 18.2 Å². The van der Waals surface area contributed by atoms with Crippen LogP contribution in [0.3, 0.4) is 0 Å². The molecule has 1 N–H and O–H groups in total. The lowest BCUT2D eigenvalue weighted by Crippen LogP contribution is -2.47. The van der Waals surface area contributed by atoms with Crippen molar-refractivity contribution in [2.24, 2.45) is 0 Å². The molecule has 2 heterocycles. The second-order valence-corrected chi connectivity index (χ2v) is 6.09. The molecule has 134 valence electrons. The molecule has 3 rings (SSSR count). The molecular weight excluding hydrogens is 328 g/mol. The Kier molecular flexibility index (Phi) is 4.73. The quantitative estimate of drug-likeness (QED) is 0.651. The molecule has 0 atom stereocenters. The summed E-state index contributed by atoms with van der Waals surface area (Å²) in [5.74, 6) is -0.115. The van der Waals surface area contributed by atoms with E-state index in [1.54, 1.807) is 4.90 Å². The topological polar surface area (TPSA) is 105 Å². The van der Waals surface area contributed by atoms with Crippen LogP contribution in [0, 0.1) is 10.1 Å². The molecule has 9 nitrogen and oxygen atoms in total. The summed E-state index contributed by atoms with van der Waals surface area (Å²) in [4.78, 5) is 38.4. The van der Waals surface area contributed by atoms with Crippen LogP contribution in [0.1, 0.15) is 23.2 Å². The van der Waals surface area contributed by atoms with Crippen LogP contribution < -0.4 is 10.1 Å². The molecule has 0 saturated carbocycles. The number of methoxy groups -OCH3 is 1. The Hall–Kier alpha value is -2.84. The summed E-state index contributed by atoms with van der Waals surface area (Å²) in [5, 5.41) is 13.9. The molecule has 2 aliphatic rings. The van der Waals surface area contributed by atoms with Crippen LogP contribution in [-0.4, -0.2) is 66.0 Å². The van der Waals surface area contributed by atoms with Gasteiger partial charge in [0.1, 0.15) is 0 Å². The second kappa shape index (κ2) is 6.96. The van der Waals surface area contributed by atoms with Gasteiger partial charge in [0, 0.05) is 43.9 Å². The smallest absolute Gasteiger partial charge is 0.317 e. The van der Waals surface area contributed by atoms with Gasteiger partial charge in [-0.05, 0) is 25.0 Å². The van der Waals surface area contributed by atoms with Crippen molar-refractivity contribution in [1.29, 1.82) is 0 Å². The van der Waals surface area contributed by atoms with E-state index >= 15 is 0 Å². The molecule has 2 aliphatic heterocycles. The Balaban J connectivity index is 1.67. The second-order valence-electron chi connectivity index (χ2n) is 6.09. The molecule has 2 fully saturated rings. The van der Waals surface area contributed by atoms with Crippen molar-refractivity contribution in [3.8, 4) is 5.75 Å². The molecule has 1 aromatic carbocycles. The Morgan fingerprint density at radius 2 is 2.04 bits per heavy atom. The van der Waals surface area contributed by atoms with Crippen LogP contribution in [0.5, 0.6) is 5.75 Å². The number of hydrogen-bond donors (Lipinski definition) is 1. The SMILES string of the molecule is COc1ccc(C(=O)N2CCC(N3CCNC3=O)CC2)cc1[N+](=O)[O-]. The summed E-state index contributed by atoms with van der Waals surface area (Å²) in [6.45, 7) is 2.40. The maximum atomic E-state index is 12.6. The number of hydrogen-bond acceptors (Lipinski definition) is 5. The van der Waals surface area contributed by atoms with Crippen molar-refractivity contribution in [1.82, 2.24) is 15.1 Å². The van der Waals surface area contributed by atoms with Crippen molar-refractivity contribution in [2.45, 2.75) is 18.9 Å². The predicted octanol–water partition coefficient (Wildman–Crippen LogP) is 1.23. The van der Waals surface area contributed by atoms with E-state index in [9.17, 15) is 19.7 Å². The van der Waals surface area contributed by atoms with E-state index in [1.807, 2.05) is 4.90 Å². The molecule has 0 radical (unpaired) electrons. The number of ether oxygens (including phenoxy) is 1. The summed E-state index contributed by atoms with van der Waals surface area (Å²) in [6.07, 6.45) is 1.41. The van der Waals surface area contributed by atoms with Crippen molar-refractivity contribution in [3.63, 3.8) is 0 Å². The zero-order chi connectivity index (χ0) is 18.0. The van der Waals surface area contributed by atoms with E-state index in [1.165, 1.54) is 25.3 Å². The van der Waals surface area contributed by atoms with Gasteiger partial charge >= 0.3 is 11.7 Å². The zero-order valence-electron chi connectivity index (χ0n) is 13.9. The van der Waals surface area contributed by atoms with Gasteiger partial charge in [0.25, 0.3) is 5.91 Å². The zero-order valence-corrected chi connectivity index (χ0v) is 13.9. The minimum Gasteiger partial charge on any atom is -0.490 e. The lowest BCUT2D eigenvalue weighted by Gasteiger charge is -2.36. The largest absolute Gasteiger partial charge is 0.490 e. The molecular formula is C16H20N4O5. The number of benzene rings is 1. The van der Waals surface area contributed by atoms with Crippen molar-refractivity contribution in [3.05, 3.63) is 33.9 Å². The van der Waals surface area contributed by atoms with Gasteiger partial charge in [-0.3, -0.25) is 14.9 Å². The maximum absolute atomic E-state index is 12.6. The number of likely N-dealkylation sites (tertiary alicyclic amines) is 1. The summed E-state index contributed by atoms with van der Waals surface area (Å²) < 4.78 is 4.96. The van der Waals surface area contributed by atoms with E-state index in [0.29, 0.717) is 39.0 Å². The summed E-state index contributed by atoms with van der Waals surface area (Å²) in [6, 6.07) is 4.31. The molecule has 0 unspecified atom stereocenters. The minimum atomic E-state index is -0.562. The standard InChI is InChI=1S/C16H20N4O5/c1-25-14-3-2-11(10-13(14)20(23)24)15(21)18-7-4-12(5-8-18)19-9-6-17-16(19)22/h2-3,10,12H,4-9H2,1H3,(H,17,22). The summed E-state index contributed by atoms with van der Waals surface area (Å²) in [5.41, 5.74) is 0.0434. The summed E-state index contributed by atoms with van der Waals surface area (Å²) >= 11 is 0. The van der Waals surface area contributed by atoms with Gasteiger partial charge < -0.3 is 19.9 Å². The highest BCUT2D eigenvalue weighted by molar-refractivity contribution is 5.95. The number of nitro groups is 1. The molecule has 3 amide bonds. The number of carbonyl (C=O) groups excluding carboxylic acids is 2. The first-order valence-electron chi connectivity index (χ1n) is 8.17. The predicted molar refractivity (Wildman–Crippen MR) is 88.7 cm³/mol. The van der Waals surface area contributed by atoms with Crippen LogP contribution in [0.4, 0.5) is 10.5 Å². The number of urea groups is 1. The van der Waals surface area contributed by atoms with Gasteiger partial charge in [0.15, 0.2) is 5.75 Å². The third-order valence-corrected chi connectivity index (χ3v) is 4.70. The molecule has 0 bridgehead atoms. The Morgan fingerprint density at radius 3 is 2.60 bits per heavy atom. The van der Waals surface area contributed by atoms with Gasteiger partial charge in [0.2, 0.25) is 0 Å². The van der Waals surface area contributed by atoms with Gasteiger partial charge in [-0.15, -0.1) is 0 Å². The highest BCUT2D eigenvalue weighted by Crippen LogP contribution is 2.28. The number of amides is 3. The fraction of sp³-hybridized carbons (Fsp3) is 0.500. The number of nitro benzene ring substituents is 1. The summed E-state index contributed by atoms with van der Waals surface area (Å²) in [7, 11) is 1.35. The van der Waals surface area contributed by atoms with Crippen molar-refractivity contribution < 1.29 is 19.2 Å². The Labute approximate surface area is 144 Å². The molecule has 0 aliphatic carbocycles. The van der Waals surface area contributed by atoms with Crippen LogP contribution in [-0.2, 0) is 0 Å². The van der Waals surface area contributed by atoms with Gasteiger partial charge in [-0.1, -0.05) is 0 Å². The first-order chi connectivity index (χ1) is 12.0. The van der Waals surface area contributed by atoms with Gasteiger partial charge in [-0.25, -0.2) is 4.79 Å². The molecule has 0 spiro atoms. The Bertz CT molecular complexity index is 700. The molecule has 2 saturated heterocycles. The first-order valence-corrected chi connectivity index (χ1v) is 8.17. The number of nitrogens with zero attached hydrogens (tertiary/aromatic N) is 3. The third-order valence-electron chi connectivity index (χ3n) is 4.70. The molecule has 25 heavy (non-hydrogen) atoms.